The van der Waals surface area contributed by atoms with Gasteiger partial charge in [-0.15, -0.1) is 0 Å². The molecule has 0 saturated carbocycles. The summed E-state index contributed by atoms with van der Waals surface area (Å²) in [5.41, 5.74) is 0.454. The molecule has 0 atom stereocenters. The Balaban J connectivity index is 2.91. The molecule has 0 aliphatic heterocycles. The lowest BCUT2D eigenvalue weighted by Gasteiger charge is -2.15. The Morgan fingerprint density at radius 2 is 1.71 bits per heavy atom. The molecular formula is C13H20N2O6. The second-order valence-electron chi connectivity index (χ2n) is 4.12. The number of hydrogen-bond acceptors (Lipinski definition) is 7. The van der Waals surface area contributed by atoms with E-state index in [0.717, 1.165) is 0 Å². The van der Waals surface area contributed by atoms with Crippen molar-refractivity contribution in [2.24, 2.45) is 0 Å². The zero-order valence-electron chi connectivity index (χ0n) is 12.5. The zero-order valence-corrected chi connectivity index (χ0v) is 12.5. The molecule has 0 unspecified atom stereocenters. The Labute approximate surface area is 123 Å². The van der Waals surface area contributed by atoms with Crippen molar-refractivity contribution in [3.05, 3.63) is 27.8 Å². The summed E-state index contributed by atoms with van der Waals surface area (Å²) in [4.78, 5) is 10.7. The molecule has 21 heavy (non-hydrogen) atoms. The number of nitro benzene ring substituents is 1. The summed E-state index contributed by atoms with van der Waals surface area (Å²) in [5.74, 6) is 0.759. The molecule has 0 saturated heterocycles. The summed E-state index contributed by atoms with van der Waals surface area (Å²) in [6, 6.07) is 2.93. The van der Waals surface area contributed by atoms with Gasteiger partial charge in [-0.2, -0.15) is 0 Å². The Hall–Kier alpha value is -1.90. The molecule has 0 heterocycles. The third-order valence-electron chi connectivity index (χ3n) is 2.93. The van der Waals surface area contributed by atoms with E-state index in [2.05, 4.69) is 5.32 Å². The average molecular weight is 300 g/mol. The maximum atomic E-state index is 11.1. The summed E-state index contributed by atoms with van der Waals surface area (Å²) in [6.45, 7) is 0.679. The Kier molecular flexibility index (Phi) is 6.86. The molecule has 1 aromatic rings. The van der Waals surface area contributed by atoms with Gasteiger partial charge in [0.05, 0.1) is 25.2 Å². The quantitative estimate of drug-likeness (QED) is 0.417. The lowest BCUT2D eigenvalue weighted by atomic mass is 10.1. The van der Waals surface area contributed by atoms with E-state index in [-0.39, 0.29) is 12.2 Å². The third kappa shape index (κ3) is 4.55. The monoisotopic (exact) mass is 300 g/mol. The van der Waals surface area contributed by atoms with Crippen LogP contribution in [0.1, 0.15) is 5.56 Å². The van der Waals surface area contributed by atoms with E-state index < -0.39 is 11.2 Å². The fourth-order valence-corrected chi connectivity index (χ4v) is 1.81. The predicted octanol–water partition coefficient (Wildman–Crippen LogP) is 1.32. The maximum absolute atomic E-state index is 11.1. The molecule has 1 rings (SSSR count). The Morgan fingerprint density at radius 3 is 2.19 bits per heavy atom. The minimum absolute atomic E-state index is 0.0356. The van der Waals surface area contributed by atoms with Crippen molar-refractivity contribution in [1.29, 1.82) is 0 Å². The second-order valence-corrected chi connectivity index (χ2v) is 4.12. The molecule has 8 nitrogen and oxygen atoms in total. The van der Waals surface area contributed by atoms with Gasteiger partial charge in [-0.05, 0) is 6.07 Å². The highest BCUT2D eigenvalue weighted by molar-refractivity contribution is 5.54. The van der Waals surface area contributed by atoms with Crippen LogP contribution in [0, 0.1) is 10.1 Å². The van der Waals surface area contributed by atoms with Crippen LogP contribution in [0.2, 0.25) is 0 Å². The Morgan fingerprint density at radius 1 is 1.14 bits per heavy atom. The Bertz CT molecular complexity index is 476. The topological polar surface area (TPSA) is 92.1 Å². The van der Waals surface area contributed by atoms with E-state index in [4.69, 9.17) is 18.9 Å². The highest BCUT2D eigenvalue weighted by Gasteiger charge is 2.19. The summed E-state index contributed by atoms with van der Waals surface area (Å²) in [6.07, 6.45) is -0.413. The number of nitro groups is 1. The molecule has 0 fully saturated rings. The molecule has 118 valence electrons. The van der Waals surface area contributed by atoms with Crippen LogP contribution in [0.3, 0.4) is 0 Å². The van der Waals surface area contributed by atoms with Crippen molar-refractivity contribution in [2.75, 3.05) is 35.0 Å². The van der Waals surface area contributed by atoms with Gasteiger partial charge in [0, 0.05) is 32.9 Å². The van der Waals surface area contributed by atoms with Gasteiger partial charge in [0.1, 0.15) is 0 Å². The van der Waals surface area contributed by atoms with Gasteiger partial charge in [-0.1, -0.05) is 0 Å². The molecule has 1 aromatic carbocycles. The summed E-state index contributed by atoms with van der Waals surface area (Å²) in [7, 11) is 5.96. The van der Waals surface area contributed by atoms with Gasteiger partial charge in [0.2, 0.25) is 0 Å². The number of ether oxygens (including phenoxy) is 4. The summed E-state index contributed by atoms with van der Waals surface area (Å²) < 4.78 is 20.3. The van der Waals surface area contributed by atoms with Crippen molar-refractivity contribution in [3.63, 3.8) is 0 Å². The number of methoxy groups -OCH3 is 4. The van der Waals surface area contributed by atoms with E-state index in [9.17, 15) is 10.1 Å². The van der Waals surface area contributed by atoms with Crippen molar-refractivity contribution in [3.8, 4) is 11.5 Å². The summed E-state index contributed by atoms with van der Waals surface area (Å²) in [5, 5.41) is 14.2. The summed E-state index contributed by atoms with van der Waals surface area (Å²) >= 11 is 0. The van der Waals surface area contributed by atoms with Gasteiger partial charge in [-0.3, -0.25) is 10.1 Å². The van der Waals surface area contributed by atoms with E-state index in [0.29, 0.717) is 23.6 Å². The predicted molar refractivity (Wildman–Crippen MR) is 75.7 cm³/mol. The minimum atomic E-state index is -0.455. The molecule has 0 bridgehead atoms. The largest absolute Gasteiger partial charge is 0.493 e. The highest BCUT2D eigenvalue weighted by atomic mass is 16.7. The molecule has 0 spiro atoms. The number of benzene rings is 1. The number of rotatable bonds is 9. The standard InChI is InChI=1S/C13H20N2O6/c1-18-11-5-9(7-14-8-13(20-3)21-4)10(15(16)17)6-12(11)19-2/h5-6,13-14H,7-8H2,1-4H3. The normalized spacial score (nSPS) is 10.7. The van der Waals surface area contributed by atoms with E-state index in [1.165, 1.54) is 34.5 Å². The lowest BCUT2D eigenvalue weighted by Crippen LogP contribution is -2.29. The fourth-order valence-electron chi connectivity index (χ4n) is 1.81. The second kappa shape index (κ2) is 8.40. The zero-order chi connectivity index (χ0) is 15.8. The first-order valence-electron chi connectivity index (χ1n) is 6.23. The average Bonchev–Trinajstić information content (AvgIpc) is 2.50. The van der Waals surface area contributed by atoms with Crippen molar-refractivity contribution in [2.45, 2.75) is 12.8 Å². The number of nitrogens with zero attached hydrogens (tertiary/aromatic N) is 1. The van der Waals surface area contributed by atoms with Gasteiger partial charge >= 0.3 is 0 Å². The van der Waals surface area contributed by atoms with Crippen LogP contribution in [0.4, 0.5) is 5.69 Å². The number of hydrogen-bond donors (Lipinski definition) is 1. The van der Waals surface area contributed by atoms with Gasteiger partial charge < -0.3 is 24.3 Å². The molecule has 1 N–H and O–H groups in total. The highest BCUT2D eigenvalue weighted by Crippen LogP contribution is 2.34. The van der Waals surface area contributed by atoms with E-state index in [1.807, 2.05) is 0 Å². The molecule has 0 aliphatic rings. The first-order valence-corrected chi connectivity index (χ1v) is 6.23. The van der Waals surface area contributed by atoms with Gasteiger partial charge in [-0.25, -0.2) is 0 Å². The van der Waals surface area contributed by atoms with Gasteiger partial charge in [0.15, 0.2) is 17.8 Å². The maximum Gasteiger partial charge on any atom is 0.277 e. The first-order chi connectivity index (χ1) is 10.1. The van der Waals surface area contributed by atoms with Crippen LogP contribution >= 0.6 is 0 Å². The van der Waals surface area contributed by atoms with Crippen LogP contribution < -0.4 is 14.8 Å². The minimum Gasteiger partial charge on any atom is -0.493 e. The van der Waals surface area contributed by atoms with Crippen molar-refractivity contribution >= 4 is 5.69 Å². The molecular weight excluding hydrogens is 280 g/mol. The van der Waals surface area contributed by atoms with Crippen LogP contribution in [0.25, 0.3) is 0 Å². The van der Waals surface area contributed by atoms with Crippen LogP contribution in [-0.4, -0.2) is 46.2 Å². The molecule has 0 amide bonds. The van der Waals surface area contributed by atoms with Crippen LogP contribution in [0.15, 0.2) is 12.1 Å². The molecule has 8 heteroatoms. The molecule has 0 radical (unpaired) electrons. The van der Waals surface area contributed by atoms with Crippen molar-refractivity contribution in [1.82, 2.24) is 5.32 Å². The van der Waals surface area contributed by atoms with Crippen LogP contribution in [0.5, 0.6) is 11.5 Å². The van der Waals surface area contributed by atoms with Crippen LogP contribution in [-0.2, 0) is 16.0 Å². The number of nitrogens with one attached hydrogen (secondary N) is 1. The van der Waals surface area contributed by atoms with E-state index in [1.54, 1.807) is 6.07 Å². The fraction of sp³-hybridized carbons (Fsp3) is 0.538. The third-order valence-corrected chi connectivity index (χ3v) is 2.93. The first kappa shape index (κ1) is 17.2. The van der Waals surface area contributed by atoms with Crippen molar-refractivity contribution < 1.29 is 23.9 Å². The smallest absolute Gasteiger partial charge is 0.277 e. The SMILES string of the molecule is COc1cc(CNCC(OC)OC)c([N+](=O)[O-])cc1OC. The van der Waals surface area contributed by atoms with Gasteiger partial charge in [0.25, 0.3) is 5.69 Å². The van der Waals surface area contributed by atoms with E-state index >= 15 is 0 Å². The molecule has 0 aromatic heterocycles. The lowest BCUT2D eigenvalue weighted by molar-refractivity contribution is -0.385. The molecule has 0 aliphatic carbocycles.